The summed E-state index contributed by atoms with van der Waals surface area (Å²) in [6.45, 7) is 8.21. The molecular weight excluding hydrogens is 122 g/mol. The van der Waals surface area contributed by atoms with E-state index in [1.807, 2.05) is 0 Å². The molecule has 0 bridgehead atoms. The van der Waals surface area contributed by atoms with Crippen molar-refractivity contribution in [3.05, 3.63) is 0 Å². The van der Waals surface area contributed by atoms with E-state index in [1.165, 1.54) is 19.4 Å². The van der Waals surface area contributed by atoms with E-state index in [9.17, 15) is 0 Å². The average Bonchev–Trinajstić information content (AvgIpc) is 2.34. The predicted molar refractivity (Wildman–Crippen MR) is 45.0 cm³/mol. The molecule has 0 aromatic rings. The van der Waals surface area contributed by atoms with E-state index in [2.05, 4.69) is 26.1 Å². The van der Waals surface area contributed by atoms with E-state index in [0.717, 1.165) is 17.9 Å². The zero-order valence-corrected chi connectivity index (χ0v) is 7.35. The first-order valence-electron chi connectivity index (χ1n) is 4.49. The SMILES string of the molecule is CCC(C)C1NCCC1C. The van der Waals surface area contributed by atoms with Gasteiger partial charge in [0.05, 0.1) is 0 Å². The van der Waals surface area contributed by atoms with Crippen LogP contribution in [-0.4, -0.2) is 12.6 Å². The van der Waals surface area contributed by atoms with Gasteiger partial charge in [0.25, 0.3) is 0 Å². The molecule has 0 amide bonds. The first kappa shape index (κ1) is 8.06. The first-order chi connectivity index (χ1) is 4.75. The van der Waals surface area contributed by atoms with Crippen LogP contribution in [0.1, 0.15) is 33.6 Å². The van der Waals surface area contributed by atoms with E-state index < -0.39 is 0 Å². The highest BCUT2D eigenvalue weighted by Crippen LogP contribution is 2.22. The van der Waals surface area contributed by atoms with Gasteiger partial charge in [0.2, 0.25) is 0 Å². The fraction of sp³-hybridized carbons (Fsp3) is 1.00. The molecule has 3 atom stereocenters. The van der Waals surface area contributed by atoms with E-state index >= 15 is 0 Å². The van der Waals surface area contributed by atoms with Gasteiger partial charge in [-0.1, -0.05) is 27.2 Å². The highest BCUT2D eigenvalue weighted by atomic mass is 15.0. The Kier molecular flexibility index (Phi) is 2.72. The zero-order valence-electron chi connectivity index (χ0n) is 7.35. The Morgan fingerprint density at radius 1 is 1.60 bits per heavy atom. The molecule has 1 heterocycles. The molecule has 1 heteroatoms. The van der Waals surface area contributed by atoms with Crippen molar-refractivity contribution in [1.29, 1.82) is 0 Å². The fourth-order valence-electron chi connectivity index (χ4n) is 1.87. The van der Waals surface area contributed by atoms with Crippen LogP contribution >= 0.6 is 0 Å². The Labute approximate surface area is 64.2 Å². The van der Waals surface area contributed by atoms with Crippen molar-refractivity contribution in [2.45, 2.75) is 39.7 Å². The molecule has 1 fully saturated rings. The minimum absolute atomic E-state index is 0.796. The summed E-state index contributed by atoms with van der Waals surface area (Å²) >= 11 is 0. The Hall–Kier alpha value is -0.0400. The van der Waals surface area contributed by atoms with Gasteiger partial charge >= 0.3 is 0 Å². The van der Waals surface area contributed by atoms with E-state index in [4.69, 9.17) is 0 Å². The summed E-state index contributed by atoms with van der Waals surface area (Å²) in [6.07, 6.45) is 2.68. The van der Waals surface area contributed by atoms with Crippen LogP contribution < -0.4 is 5.32 Å². The first-order valence-corrected chi connectivity index (χ1v) is 4.49. The molecule has 1 saturated heterocycles. The maximum atomic E-state index is 3.56. The Bertz CT molecular complexity index is 101. The lowest BCUT2D eigenvalue weighted by Gasteiger charge is -2.21. The summed E-state index contributed by atoms with van der Waals surface area (Å²) in [6, 6.07) is 0.796. The van der Waals surface area contributed by atoms with Crippen LogP contribution in [0.3, 0.4) is 0 Å². The topological polar surface area (TPSA) is 12.0 Å². The molecule has 1 rings (SSSR count). The monoisotopic (exact) mass is 141 g/mol. The van der Waals surface area contributed by atoms with E-state index in [0.29, 0.717) is 0 Å². The summed E-state index contributed by atoms with van der Waals surface area (Å²) in [4.78, 5) is 0. The fourth-order valence-corrected chi connectivity index (χ4v) is 1.87. The van der Waals surface area contributed by atoms with Crippen LogP contribution in [0.2, 0.25) is 0 Å². The number of rotatable bonds is 2. The van der Waals surface area contributed by atoms with Crippen LogP contribution in [0.15, 0.2) is 0 Å². The van der Waals surface area contributed by atoms with Gasteiger partial charge in [0.1, 0.15) is 0 Å². The van der Waals surface area contributed by atoms with Crippen molar-refractivity contribution >= 4 is 0 Å². The molecule has 0 radical (unpaired) electrons. The lowest BCUT2D eigenvalue weighted by Crippen LogP contribution is -2.32. The van der Waals surface area contributed by atoms with Gasteiger partial charge in [-0.25, -0.2) is 0 Å². The standard InChI is InChI=1S/C9H19N/c1-4-7(2)9-8(3)5-6-10-9/h7-10H,4-6H2,1-3H3. The Balaban J connectivity index is 2.38. The van der Waals surface area contributed by atoms with Crippen molar-refractivity contribution in [2.75, 3.05) is 6.54 Å². The minimum Gasteiger partial charge on any atom is -0.313 e. The maximum Gasteiger partial charge on any atom is 0.0119 e. The third-order valence-electron chi connectivity index (χ3n) is 2.85. The molecule has 0 spiro atoms. The zero-order chi connectivity index (χ0) is 7.56. The molecule has 1 aliphatic heterocycles. The molecule has 1 nitrogen and oxygen atoms in total. The van der Waals surface area contributed by atoms with Gasteiger partial charge < -0.3 is 5.32 Å². The van der Waals surface area contributed by atoms with Crippen LogP contribution in [0.25, 0.3) is 0 Å². The lowest BCUT2D eigenvalue weighted by molar-refractivity contribution is 0.344. The molecule has 0 aliphatic carbocycles. The largest absolute Gasteiger partial charge is 0.313 e. The molecule has 0 aromatic heterocycles. The minimum atomic E-state index is 0.796. The van der Waals surface area contributed by atoms with Gasteiger partial charge in [-0.3, -0.25) is 0 Å². The molecule has 0 saturated carbocycles. The Morgan fingerprint density at radius 2 is 2.30 bits per heavy atom. The van der Waals surface area contributed by atoms with Gasteiger partial charge in [0, 0.05) is 6.04 Å². The Morgan fingerprint density at radius 3 is 2.70 bits per heavy atom. The van der Waals surface area contributed by atoms with Gasteiger partial charge in [0.15, 0.2) is 0 Å². The molecule has 1 N–H and O–H groups in total. The third kappa shape index (κ3) is 1.51. The summed E-state index contributed by atoms with van der Waals surface area (Å²) in [5.74, 6) is 1.76. The normalized spacial score (nSPS) is 36.3. The van der Waals surface area contributed by atoms with Crippen molar-refractivity contribution in [1.82, 2.24) is 5.32 Å². The highest BCUT2D eigenvalue weighted by Gasteiger charge is 2.26. The summed E-state index contributed by atoms with van der Waals surface area (Å²) in [5, 5.41) is 3.56. The molecule has 10 heavy (non-hydrogen) atoms. The maximum absolute atomic E-state index is 3.56. The lowest BCUT2D eigenvalue weighted by atomic mass is 9.90. The summed E-state index contributed by atoms with van der Waals surface area (Å²) < 4.78 is 0. The smallest absolute Gasteiger partial charge is 0.0119 e. The second-order valence-corrected chi connectivity index (χ2v) is 3.63. The number of hydrogen-bond donors (Lipinski definition) is 1. The predicted octanol–water partition coefficient (Wildman–Crippen LogP) is 2.03. The van der Waals surface area contributed by atoms with Crippen LogP contribution in [0, 0.1) is 11.8 Å². The average molecular weight is 141 g/mol. The quantitative estimate of drug-likeness (QED) is 0.620. The molecule has 0 aromatic carbocycles. The number of nitrogens with one attached hydrogen (secondary N) is 1. The second-order valence-electron chi connectivity index (χ2n) is 3.63. The highest BCUT2D eigenvalue weighted by molar-refractivity contribution is 4.83. The molecular formula is C9H19N. The third-order valence-corrected chi connectivity index (χ3v) is 2.85. The van der Waals surface area contributed by atoms with E-state index in [-0.39, 0.29) is 0 Å². The van der Waals surface area contributed by atoms with Crippen LogP contribution in [0.5, 0.6) is 0 Å². The van der Waals surface area contributed by atoms with Gasteiger partial charge in [-0.15, -0.1) is 0 Å². The van der Waals surface area contributed by atoms with Gasteiger partial charge in [-0.05, 0) is 24.8 Å². The second kappa shape index (κ2) is 3.38. The number of hydrogen-bond acceptors (Lipinski definition) is 1. The van der Waals surface area contributed by atoms with E-state index in [1.54, 1.807) is 0 Å². The van der Waals surface area contributed by atoms with Crippen molar-refractivity contribution in [2.24, 2.45) is 11.8 Å². The molecule has 1 aliphatic rings. The van der Waals surface area contributed by atoms with Crippen molar-refractivity contribution < 1.29 is 0 Å². The molecule has 60 valence electrons. The summed E-state index contributed by atoms with van der Waals surface area (Å²) in [5.41, 5.74) is 0. The van der Waals surface area contributed by atoms with Crippen molar-refractivity contribution in [3.8, 4) is 0 Å². The van der Waals surface area contributed by atoms with Crippen LogP contribution in [-0.2, 0) is 0 Å². The van der Waals surface area contributed by atoms with Crippen molar-refractivity contribution in [3.63, 3.8) is 0 Å². The summed E-state index contributed by atoms with van der Waals surface area (Å²) in [7, 11) is 0. The van der Waals surface area contributed by atoms with Crippen LogP contribution in [0.4, 0.5) is 0 Å². The molecule has 3 unspecified atom stereocenters. The van der Waals surface area contributed by atoms with Gasteiger partial charge in [-0.2, -0.15) is 0 Å².